The molecule has 1 aromatic rings. The van der Waals surface area contributed by atoms with E-state index in [-0.39, 0.29) is 30.0 Å². The SMILES string of the molecule is CC(C)/C=C/C(=O)N1CCC([C@]2(Cc3cccc(F)c3)NC(=O)N(CCCN(C)C)C2=O)CC1. The number of nitrogens with zero attached hydrogens (tertiary/aromatic N) is 3. The van der Waals surface area contributed by atoms with Gasteiger partial charge in [0.15, 0.2) is 0 Å². The molecule has 0 radical (unpaired) electrons. The predicted molar refractivity (Wildman–Crippen MR) is 130 cm³/mol. The number of hydrogen-bond donors (Lipinski definition) is 1. The smallest absolute Gasteiger partial charge is 0.325 e. The molecule has 1 aromatic carbocycles. The first-order valence-electron chi connectivity index (χ1n) is 12.1. The zero-order chi connectivity index (χ0) is 24.9. The first-order chi connectivity index (χ1) is 16.1. The van der Waals surface area contributed by atoms with Gasteiger partial charge < -0.3 is 15.1 Å². The molecular weight excluding hydrogens is 435 g/mol. The number of carbonyl (C=O) groups is 3. The number of piperidine rings is 1. The fourth-order valence-corrected chi connectivity index (χ4v) is 4.88. The first kappa shape index (κ1) is 25.9. The molecule has 1 N–H and O–H groups in total. The van der Waals surface area contributed by atoms with Crippen molar-refractivity contribution in [3.63, 3.8) is 0 Å². The maximum atomic E-state index is 13.9. The minimum absolute atomic E-state index is 0.0292. The minimum atomic E-state index is -1.13. The molecule has 2 fully saturated rings. The van der Waals surface area contributed by atoms with E-state index in [9.17, 15) is 18.8 Å². The van der Waals surface area contributed by atoms with E-state index in [2.05, 4.69) is 5.32 Å². The van der Waals surface area contributed by atoms with Crippen LogP contribution in [0, 0.1) is 17.7 Å². The van der Waals surface area contributed by atoms with E-state index in [1.54, 1.807) is 23.1 Å². The summed E-state index contributed by atoms with van der Waals surface area (Å²) in [4.78, 5) is 44.3. The lowest BCUT2D eigenvalue weighted by Gasteiger charge is -2.41. The van der Waals surface area contributed by atoms with Crippen LogP contribution in [0.4, 0.5) is 9.18 Å². The molecule has 0 aromatic heterocycles. The van der Waals surface area contributed by atoms with Crippen molar-refractivity contribution in [3.8, 4) is 0 Å². The van der Waals surface area contributed by atoms with Gasteiger partial charge in [-0.15, -0.1) is 0 Å². The number of amides is 4. The van der Waals surface area contributed by atoms with Crippen LogP contribution in [0.2, 0.25) is 0 Å². The van der Waals surface area contributed by atoms with Crippen LogP contribution in [-0.2, 0) is 16.0 Å². The fourth-order valence-electron chi connectivity index (χ4n) is 4.88. The Kier molecular flexibility index (Phi) is 8.47. The van der Waals surface area contributed by atoms with Crippen LogP contribution in [0.15, 0.2) is 36.4 Å². The highest BCUT2D eigenvalue weighted by Crippen LogP contribution is 2.36. The van der Waals surface area contributed by atoms with Gasteiger partial charge in [-0.1, -0.05) is 32.1 Å². The molecule has 0 saturated carbocycles. The van der Waals surface area contributed by atoms with Crippen LogP contribution >= 0.6 is 0 Å². The number of nitrogens with one attached hydrogen (secondary N) is 1. The summed E-state index contributed by atoms with van der Waals surface area (Å²) in [5.41, 5.74) is -0.464. The Morgan fingerprint density at radius 3 is 2.59 bits per heavy atom. The molecule has 0 spiro atoms. The van der Waals surface area contributed by atoms with Crippen LogP contribution in [0.3, 0.4) is 0 Å². The Balaban J connectivity index is 1.80. The third-order valence-corrected chi connectivity index (χ3v) is 6.69. The summed E-state index contributed by atoms with van der Waals surface area (Å²) in [6, 6.07) is 5.81. The highest BCUT2D eigenvalue weighted by Gasteiger charge is 2.55. The quantitative estimate of drug-likeness (QED) is 0.443. The number of likely N-dealkylation sites (tertiary alicyclic amines) is 1. The maximum Gasteiger partial charge on any atom is 0.325 e. The molecule has 7 nitrogen and oxygen atoms in total. The summed E-state index contributed by atoms with van der Waals surface area (Å²) in [6.45, 7) is 6.17. The summed E-state index contributed by atoms with van der Waals surface area (Å²) >= 11 is 0. The van der Waals surface area contributed by atoms with Gasteiger partial charge >= 0.3 is 6.03 Å². The number of benzene rings is 1. The summed E-state index contributed by atoms with van der Waals surface area (Å²) in [6.07, 6.45) is 5.58. The molecule has 1 atom stereocenters. The van der Waals surface area contributed by atoms with E-state index in [1.807, 2.05) is 38.9 Å². The normalized spacial score (nSPS) is 21.9. The summed E-state index contributed by atoms with van der Waals surface area (Å²) < 4.78 is 13.9. The minimum Gasteiger partial charge on any atom is -0.339 e. The fraction of sp³-hybridized carbons (Fsp3) is 0.577. The molecule has 186 valence electrons. The van der Waals surface area contributed by atoms with E-state index in [4.69, 9.17) is 0 Å². The molecule has 3 rings (SSSR count). The van der Waals surface area contributed by atoms with Crippen molar-refractivity contribution in [2.75, 3.05) is 40.3 Å². The van der Waals surface area contributed by atoms with Crippen molar-refractivity contribution < 1.29 is 18.8 Å². The third kappa shape index (κ3) is 6.03. The largest absolute Gasteiger partial charge is 0.339 e. The molecule has 0 unspecified atom stereocenters. The number of allylic oxidation sites excluding steroid dienone is 1. The molecule has 2 aliphatic rings. The summed E-state index contributed by atoms with van der Waals surface area (Å²) in [5.74, 6) is -0.502. The van der Waals surface area contributed by atoms with Crippen LogP contribution in [0.1, 0.15) is 38.7 Å². The Hall–Kier alpha value is -2.74. The molecule has 2 heterocycles. The number of halogens is 1. The van der Waals surface area contributed by atoms with Gasteiger partial charge in [0, 0.05) is 26.1 Å². The molecule has 34 heavy (non-hydrogen) atoms. The molecule has 2 aliphatic heterocycles. The van der Waals surface area contributed by atoms with Crippen LogP contribution in [0.5, 0.6) is 0 Å². The second-order valence-electron chi connectivity index (χ2n) is 10.0. The van der Waals surface area contributed by atoms with Crippen molar-refractivity contribution in [2.24, 2.45) is 11.8 Å². The molecule has 2 saturated heterocycles. The zero-order valence-electron chi connectivity index (χ0n) is 20.7. The van der Waals surface area contributed by atoms with E-state index in [1.165, 1.54) is 17.0 Å². The van der Waals surface area contributed by atoms with Gasteiger partial charge in [0.05, 0.1) is 0 Å². The first-order valence-corrected chi connectivity index (χ1v) is 12.1. The summed E-state index contributed by atoms with van der Waals surface area (Å²) in [7, 11) is 3.90. The van der Waals surface area contributed by atoms with Gasteiger partial charge in [-0.25, -0.2) is 9.18 Å². The standard InChI is InChI=1S/C26H37FN4O3/c1-19(2)9-10-23(32)30-15-11-21(12-16-30)26(18-20-7-5-8-22(27)17-20)24(33)31(25(34)28-26)14-6-13-29(3)4/h5,7-10,17,19,21H,6,11-16,18H2,1-4H3,(H,28,34)/b10-9+/t26-/m0/s1. The van der Waals surface area contributed by atoms with Crippen molar-refractivity contribution in [1.82, 2.24) is 20.0 Å². The van der Waals surface area contributed by atoms with Gasteiger partial charge in [-0.05, 0) is 75.5 Å². The summed E-state index contributed by atoms with van der Waals surface area (Å²) in [5, 5.41) is 3.01. The van der Waals surface area contributed by atoms with Gasteiger partial charge in [0.1, 0.15) is 11.4 Å². The van der Waals surface area contributed by atoms with Gasteiger partial charge in [-0.3, -0.25) is 14.5 Å². The molecule has 8 heteroatoms. The second kappa shape index (κ2) is 11.1. The van der Waals surface area contributed by atoms with E-state index < -0.39 is 11.6 Å². The van der Waals surface area contributed by atoms with Crippen molar-refractivity contribution in [2.45, 2.75) is 45.1 Å². The topological polar surface area (TPSA) is 73.0 Å². The lowest BCUT2D eigenvalue weighted by atomic mass is 9.74. The van der Waals surface area contributed by atoms with Crippen LogP contribution < -0.4 is 5.32 Å². The van der Waals surface area contributed by atoms with Crippen molar-refractivity contribution >= 4 is 17.8 Å². The van der Waals surface area contributed by atoms with E-state index in [0.717, 1.165) is 6.54 Å². The molecule has 0 aliphatic carbocycles. The third-order valence-electron chi connectivity index (χ3n) is 6.69. The lowest BCUT2D eigenvalue weighted by molar-refractivity contribution is -0.134. The predicted octanol–water partition coefficient (Wildman–Crippen LogP) is 3.06. The van der Waals surface area contributed by atoms with Crippen molar-refractivity contribution in [3.05, 3.63) is 47.8 Å². The number of hydrogen-bond acceptors (Lipinski definition) is 4. The maximum absolute atomic E-state index is 13.9. The highest BCUT2D eigenvalue weighted by molar-refractivity contribution is 6.07. The number of urea groups is 1. The van der Waals surface area contributed by atoms with E-state index in [0.29, 0.717) is 50.4 Å². The monoisotopic (exact) mass is 472 g/mol. The molecule has 4 amide bonds. The van der Waals surface area contributed by atoms with Crippen LogP contribution in [-0.4, -0.2) is 78.4 Å². The van der Waals surface area contributed by atoms with Gasteiger partial charge in [0.2, 0.25) is 5.91 Å². The van der Waals surface area contributed by atoms with Gasteiger partial charge in [-0.2, -0.15) is 0 Å². The molecular formula is C26H37FN4O3. The highest BCUT2D eigenvalue weighted by atomic mass is 19.1. The average molecular weight is 473 g/mol. The molecule has 0 bridgehead atoms. The number of imide groups is 1. The number of carbonyl (C=O) groups excluding carboxylic acids is 3. The Bertz CT molecular complexity index is 924. The van der Waals surface area contributed by atoms with Crippen LogP contribution in [0.25, 0.3) is 0 Å². The Morgan fingerprint density at radius 2 is 1.97 bits per heavy atom. The Labute approximate surface area is 202 Å². The second-order valence-corrected chi connectivity index (χ2v) is 10.0. The lowest BCUT2D eigenvalue weighted by Crippen LogP contribution is -2.58. The number of rotatable bonds is 9. The average Bonchev–Trinajstić information content (AvgIpc) is 3.02. The van der Waals surface area contributed by atoms with E-state index >= 15 is 0 Å². The zero-order valence-corrected chi connectivity index (χ0v) is 20.7. The van der Waals surface area contributed by atoms with Crippen molar-refractivity contribution in [1.29, 1.82) is 0 Å². The Morgan fingerprint density at radius 1 is 1.26 bits per heavy atom. The van der Waals surface area contributed by atoms with Gasteiger partial charge in [0.25, 0.3) is 5.91 Å².